The lowest BCUT2D eigenvalue weighted by Crippen LogP contribution is -2.22. The van der Waals surface area contributed by atoms with Crippen LogP contribution in [0.1, 0.15) is 32.1 Å². The normalized spacial score (nSPS) is 15.9. The van der Waals surface area contributed by atoms with E-state index in [9.17, 15) is 0 Å². The van der Waals surface area contributed by atoms with Crippen LogP contribution in [0.15, 0.2) is 18.3 Å². The largest absolute Gasteiger partial charge is 0.493 e. The first-order chi connectivity index (χ1) is 10.3. The number of rotatable bonds is 4. The van der Waals surface area contributed by atoms with Crippen molar-refractivity contribution in [3.8, 4) is 11.5 Å². The molecule has 0 amide bonds. The van der Waals surface area contributed by atoms with Gasteiger partial charge in [-0.15, -0.1) is 0 Å². The van der Waals surface area contributed by atoms with Gasteiger partial charge in [-0.3, -0.25) is 4.98 Å². The molecule has 2 aromatic rings. The SMILES string of the molecule is COc1cc2ncc(NC3CCCCC3)nc2cc1OC. The van der Waals surface area contributed by atoms with E-state index in [0.29, 0.717) is 17.5 Å². The van der Waals surface area contributed by atoms with Gasteiger partial charge in [-0.25, -0.2) is 4.98 Å². The minimum absolute atomic E-state index is 0.519. The molecule has 1 aromatic carbocycles. The van der Waals surface area contributed by atoms with Gasteiger partial charge in [0, 0.05) is 18.2 Å². The van der Waals surface area contributed by atoms with Crippen molar-refractivity contribution in [2.45, 2.75) is 38.1 Å². The van der Waals surface area contributed by atoms with E-state index in [1.165, 1.54) is 32.1 Å². The van der Waals surface area contributed by atoms with Gasteiger partial charge in [0.25, 0.3) is 0 Å². The standard InChI is InChI=1S/C16H21N3O2/c1-20-14-8-12-13(9-15(14)21-2)19-16(10-17-12)18-11-6-4-3-5-7-11/h8-11H,3-7H2,1-2H3,(H,18,19). The molecule has 0 saturated heterocycles. The lowest BCUT2D eigenvalue weighted by Gasteiger charge is -2.23. The molecule has 0 radical (unpaired) electrons. The molecular formula is C16H21N3O2. The van der Waals surface area contributed by atoms with Gasteiger partial charge < -0.3 is 14.8 Å². The highest BCUT2D eigenvalue weighted by atomic mass is 16.5. The Morgan fingerprint density at radius 2 is 1.67 bits per heavy atom. The average Bonchev–Trinajstić information content (AvgIpc) is 2.54. The number of aromatic nitrogens is 2. The molecular weight excluding hydrogens is 266 g/mol. The maximum Gasteiger partial charge on any atom is 0.163 e. The van der Waals surface area contributed by atoms with E-state index >= 15 is 0 Å². The van der Waals surface area contributed by atoms with E-state index in [4.69, 9.17) is 9.47 Å². The van der Waals surface area contributed by atoms with Gasteiger partial charge in [0.1, 0.15) is 5.82 Å². The van der Waals surface area contributed by atoms with Crippen molar-refractivity contribution in [3.63, 3.8) is 0 Å². The monoisotopic (exact) mass is 287 g/mol. The van der Waals surface area contributed by atoms with E-state index in [0.717, 1.165) is 16.9 Å². The van der Waals surface area contributed by atoms with Crippen molar-refractivity contribution in [3.05, 3.63) is 18.3 Å². The zero-order valence-corrected chi connectivity index (χ0v) is 12.6. The second-order valence-electron chi connectivity index (χ2n) is 5.43. The van der Waals surface area contributed by atoms with Crippen molar-refractivity contribution in [2.24, 2.45) is 0 Å². The van der Waals surface area contributed by atoms with Crippen LogP contribution in [-0.4, -0.2) is 30.2 Å². The molecule has 1 N–H and O–H groups in total. The number of nitrogens with one attached hydrogen (secondary N) is 1. The molecule has 1 aromatic heterocycles. The van der Waals surface area contributed by atoms with Gasteiger partial charge in [0.05, 0.1) is 31.4 Å². The Labute approximate surface area is 124 Å². The highest BCUT2D eigenvalue weighted by Gasteiger charge is 2.14. The molecule has 112 valence electrons. The number of ether oxygens (including phenoxy) is 2. The maximum absolute atomic E-state index is 5.32. The minimum atomic E-state index is 0.519. The summed E-state index contributed by atoms with van der Waals surface area (Å²) in [6.07, 6.45) is 8.16. The predicted octanol–water partition coefficient (Wildman–Crippen LogP) is 3.39. The molecule has 1 fully saturated rings. The summed E-state index contributed by atoms with van der Waals surface area (Å²) >= 11 is 0. The van der Waals surface area contributed by atoms with E-state index < -0.39 is 0 Å². The van der Waals surface area contributed by atoms with Crippen molar-refractivity contribution in [2.75, 3.05) is 19.5 Å². The topological polar surface area (TPSA) is 56.3 Å². The second-order valence-corrected chi connectivity index (χ2v) is 5.43. The van der Waals surface area contributed by atoms with Gasteiger partial charge in [-0.05, 0) is 12.8 Å². The fraction of sp³-hybridized carbons (Fsp3) is 0.500. The summed E-state index contributed by atoms with van der Waals surface area (Å²) < 4.78 is 10.6. The van der Waals surface area contributed by atoms with Crippen LogP contribution in [0.3, 0.4) is 0 Å². The Morgan fingerprint density at radius 3 is 2.33 bits per heavy atom. The smallest absolute Gasteiger partial charge is 0.163 e. The third kappa shape index (κ3) is 3.01. The van der Waals surface area contributed by atoms with E-state index in [2.05, 4.69) is 15.3 Å². The Kier molecular flexibility index (Phi) is 4.08. The van der Waals surface area contributed by atoms with Crippen molar-refractivity contribution in [1.82, 2.24) is 9.97 Å². The second kappa shape index (κ2) is 6.16. The fourth-order valence-corrected chi connectivity index (χ4v) is 2.87. The van der Waals surface area contributed by atoms with Gasteiger partial charge in [-0.1, -0.05) is 19.3 Å². The lowest BCUT2D eigenvalue weighted by molar-refractivity contribution is 0.355. The van der Waals surface area contributed by atoms with Crippen LogP contribution in [0, 0.1) is 0 Å². The average molecular weight is 287 g/mol. The van der Waals surface area contributed by atoms with Gasteiger partial charge in [0.2, 0.25) is 0 Å². The fourth-order valence-electron chi connectivity index (χ4n) is 2.87. The van der Waals surface area contributed by atoms with Crippen molar-refractivity contribution < 1.29 is 9.47 Å². The summed E-state index contributed by atoms with van der Waals surface area (Å²) in [5.41, 5.74) is 1.62. The lowest BCUT2D eigenvalue weighted by atomic mass is 9.95. The molecule has 1 aliphatic rings. The Hall–Kier alpha value is -2.04. The molecule has 5 nitrogen and oxygen atoms in total. The quantitative estimate of drug-likeness (QED) is 0.934. The van der Waals surface area contributed by atoms with Crippen LogP contribution in [0.2, 0.25) is 0 Å². The van der Waals surface area contributed by atoms with E-state index in [1.54, 1.807) is 20.4 Å². The van der Waals surface area contributed by atoms with Gasteiger partial charge >= 0.3 is 0 Å². The minimum Gasteiger partial charge on any atom is -0.493 e. The van der Waals surface area contributed by atoms with Gasteiger partial charge in [-0.2, -0.15) is 0 Å². The van der Waals surface area contributed by atoms with Crippen LogP contribution in [0.5, 0.6) is 11.5 Å². The number of hydrogen-bond donors (Lipinski definition) is 1. The number of benzene rings is 1. The summed E-state index contributed by atoms with van der Waals surface area (Å²) in [5, 5.41) is 3.49. The van der Waals surface area contributed by atoms with Crippen LogP contribution in [0.4, 0.5) is 5.82 Å². The molecule has 21 heavy (non-hydrogen) atoms. The third-order valence-corrected chi connectivity index (χ3v) is 4.00. The molecule has 0 bridgehead atoms. The van der Waals surface area contributed by atoms with E-state index in [-0.39, 0.29) is 0 Å². The summed E-state index contributed by atoms with van der Waals surface area (Å²) in [5.74, 6) is 2.18. The van der Waals surface area contributed by atoms with Crippen LogP contribution < -0.4 is 14.8 Å². The Balaban J connectivity index is 1.88. The molecule has 1 aliphatic carbocycles. The maximum atomic E-state index is 5.32. The van der Waals surface area contributed by atoms with Crippen LogP contribution in [-0.2, 0) is 0 Å². The highest BCUT2D eigenvalue weighted by Crippen LogP contribution is 2.31. The highest BCUT2D eigenvalue weighted by molar-refractivity contribution is 5.80. The number of nitrogens with zero attached hydrogens (tertiary/aromatic N) is 2. The molecule has 0 atom stereocenters. The first kappa shape index (κ1) is 13.9. The Bertz CT molecular complexity index is 624. The third-order valence-electron chi connectivity index (χ3n) is 4.00. The molecule has 1 saturated carbocycles. The Morgan fingerprint density at radius 1 is 1.00 bits per heavy atom. The zero-order chi connectivity index (χ0) is 14.7. The molecule has 3 rings (SSSR count). The van der Waals surface area contributed by atoms with Crippen molar-refractivity contribution in [1.29, 1.82) is 0 Å². The number of fused-ring (bicyclic) bond motifs is 1. The van der Waals surface area contributed by atoms with E-state index in [1.807, 2.05) is 12.1 Å². The molecule has 5 heteroatoms. The summed E-state index contributed by atoms with van der Waals surface area (Å²) in [6.45, 7) is 0. The molecule has 0 unspecified atom stereocenters. The van der Waals surface area contributed by atoms with Crippen molar-refractivity contribution >= 4 is 16.9 Å². The summed E-state index contributed by atoms with van der Waals surface area (Å²) in [6, 6.07) is 4.24. The number of hydrogen-bond acceptors (Lipinski definition) is 5. The predicted molar refractivity (Wildman–Crippen MR) is 83.1 cm³/mol. The summed E-state index contributed by atoms with van der Waals surface area (Å²) in [7, 11) is 3.25. The number of methoxy groups -OCH3 is 2. The summed E-state index contributed by atoms with van der Waals surface area (Å²) in [4.78, 5) is 9.11. The first-order valence-corrected chi connectivity index (χ1v) is 7.45. The van der Waals surface area contributed by atoms with Crippen LogP contribution in [0.25, 0.3) is 11.0 Å². The van der Waals surface area contributed by atoms with Crippen LogP contribution >= 0.6 is 0 Å². The molecule has 0 aliphatic heterocycles. The zero-order valence-electron chi connectivity index (χ0n) is 12.6. The van der Waals surface area contributed by atoms with Gasteiger partial charge in [0.15, 0.2) is 11.5 Å². The molecule has 1 heterocycles. The number of anilines is 1. The molecule has 0 spiro atoms. The first-order valence-electron chi connectivity index (χ1n) is 7.45.